The molecule has 0 bridgehead atoms. The summed E-state index contributed by atoms with van der Waals surface area (Å²) >= 11 is 1.28. The number of carbonyl (C=O) groups excluding carboxylic acids is 10. The summed E-state index contributed by atoms with van der Waals surface area (Å²) < 4.78 is 0. The van der Waals surface area contributed by atoms with E-state index < -0.39 is 187 Å². The zero-order valence-corrected chi connectivity index (χ0v) is 50.6. The number of nitrogens with zero attached hydrogens (tertiary/aromatic N) is 1. The molecule has 0 aromatic heterocycles. The fraction of sp³-hybridized carbons (Fsp3) is 0.712. The molecular weight excluding hydrogens is 1160 g/mol. The maximum absolute atomic E-state index is 14.4. The third-order valence-corrected chi connectivity index (χ3v) is 14.6. The van der Waals surface area contributed by atoms with Gasteiger partial charge in [-0.1, -0.05) is 20.3 Å². The van der Waals surface area contributed by atoms with Gasteiger partial charge in [0.15, 0.2) is 11.9 Å². The number of guanidine groups is 2. The Morgan fingerprint density at radius 1 is 0.552 bits per heavy atom. The molecule has 35 heteroatoms. The van der Waals surface area contributed by atoms with Gasteiger partial charge in [0.05, 0.1) is 6.04 Å². The number of hydrogen-bond acceptors (Lipinski definition) is 18. The first kappa shape index (κ1) is 76.9. The topological polar surface area (TPSA) is 584 Å². The van der Waals surface area contributed by atoms with Gasteiger partial charge < -0.3 is 102 Å². The molecule has 1 aliphatic rings. The molecule has 25 N–H and O–H groups in total. The smallest absolute Gasteiger partial charge is 0.326 e. The summed E-state index contributed by atoms with van der Waals surface area (Å²) in [6, 6.07) is -14.2. The number of carbonyl (C=O) groups is 13. The van der Waals surface area contributed by atoms with Crippen LogP contribution in [0.25, 0.3) is 0 Å². The molecule has 492 valence electrons. The molecule has 1 rings (SSSR count). The first-order chi connectivity index (χ1) is 41.0. The van der Waals surface area contributed by atoms with Gasteiger partial charge in [0, 0.05) is 38.9 Å². The quantitative estimate of drug-likeness (QED) is 0.0154. The van der Waals surface area contributed by atoms with Crippen LogP contribution < -0.4 is 81.8 Å². The van der Waals surface area contributed by atoms with E-state index in [4.69, 9.17) is 39.5 Å². The lowest BCUT2D eigenvalue weighted by Crippen LogP contribution is -2.61. The lowest BCUT2D eigenvalue weighted by Gasteiger charge is -2.30. The van der Waals surface area contributed by atoms with E-state index in [-0.39, 0.29) is 89.7 Å². The van der Waals surface area contributed by atoms with Crippen LogP contribution in [-0.4, -0.2) is 208 Å². The van der Waals surface area contributed by atoms with Gasteiger partial charge in [-0.15, -0.1) is 0 Å². The van der Waals surface area contributed by atoms with Crippen LogP contribution in [0.2, 0.25) is 0 Å². The lowest BCUT2D eigenvalue weighted by atomic mass is 9.96. The van der Waals surface area contributed by atoms with Crippen LogP contribution in [0.15, 0.2) is 0 Å². The standard InChI is InChI=1S/C52H92N18O16S/c1-5-27(2)40(69-46(81)33(17-20-39(74)75)65-43(78)32(16-19-38(72)73)66-47(82)36-14-10-25-70(36)49(84)28(3)54)48(83)67-34(21-26-87-4)45(80)63-29(12-8-23-60-51(56)57)41(76)62-30(13-9-24-61-52(58)59)42(77)64-31(15-18-37(55)71)44(79)68-35(50(85)86)11-6-7-22-53/h27-36,40H,5-26,53-54H2,1-4H3,(H2,55,71)(H,62,76)(H,63,80)(H,64,77)(H,65,78)(H,66,82)(H,67,83)(H,68,79)(H,69,81)(H,72,73)(H,74,75)(H,85,86)(H4,56,57,60)(H4,58,59,61)/t27-,28-,29-,30-,31-,32-,33-,34-,35-,36-,40-/m0/s1. The highest BCUT2D eigenvalue weighted by Gasteiger charge is 2.39. The molecule has 1 saturated heterocycles. The summed E-state index contributed by atoms with van der Waals surface area (Å²) in [5.41, 5.74) is 27.6. The molecule has 87 heavy (non-hydrogen) atoms. The predicted molar refractivity (Wildman–Crippen MR) is 317 cm³/mol. The maximum Gasteiger partial charge on any atom is 0.326 e. The van der Waals surface area contributed by atoms with E-state index in [9.17, 15) is 77.6 Å². The number of unbranched alkanes of at least 4 members (excludes halogenated alkanes) is 1. The molecule has 11 atom stereocenters. The van der Waals surface area contributed by atoms with Crippen LogP contribution in [0, 0.1) is 16.7 Å². The predicted octanol–water partition coefficient (Wildman–Crippen LogP) is -5.26. The molecule has 0 spiro atoms. The molecule has 0 unspecified atom stereocenters. The number of aliphatic carboxylic acids is 3. The number of likely N-dealkylation sites (tertiary alicyclic amines) is 1. The molecular formula is C52H92N18O16S. The van der Waals surface area contributed by atoms with Gasteiger partial charge in [0.1, 0.15) is 54.4 Å². The number of amides is 10. The van der Waals surface area contributed by atoms with E-state index in [0.29, 0.717) is 19.3 Å². The van der Waals surface area contributed by atoms with Crippen LogP contribution in [0.3, 0.4) is 0 Å². The zero-order valence-electron chi connectivity index (χ0n) is 49.8. The SMILES string of the molecule is CC[C@H](C)[C@H](NC(=O)[C@H](CCC(=O)O)NC(=O)[C@H](CCC(=O)O)NC(=O)[C@@H]1CCCN1C(=O)[C@H](C)N)C(=O)N[C@@H](CCSC)C(=O)N[C@@H](CCCNC(=N)N)C(=O)N[C@@H](CCCNC(=N)N)C(=O)N[C@@H](CCC(N)=O)C(=O)N[C@@H](CCCCN)C(=O)O. The van der Waals surface area contributed by atoms with Gasteiger partial charge in [-0.2, -0.15) is 11.8 Å². The maximum atomic E-state index is 14.4. The van der Waals surface area contributed by atoms with Crippen LogP contribution in [0.4, 0.5) is 0 Å². The van der Waals surface area contributed by atoms with Crippen molar-refractivity contribution in [2.75, 3.05) is 38.2 Å². The number of nitrogens with two attached hydrogens (primary N) is 5. The Morgan fingerprint density at radius 3 is 1.36 bits per heavy atom. The Hall–Kier alpha value is -8.08. The Balaban J connectivity index is 3.68. The third kappa shape index (κ3) is 30.2. The van der Waals surface area contributed by atoms with Crippen molar-refractivity contribution in [3.63, 3.8) is 0 Å². The zero-order chi connectivity index (χ0) is 65.9. The number of rotatable bonds is 44. The van der Waals surface area contributed by atoms with Gasteiger partial charge >= 0.3 is 17.9 Å². The van der Waals surface area contributed by atoms with Gasteiger partial charge in [0.2, 0.25) is 59.1 Å². The van der Waals surface area contributed by atoms with Gasteiger partial charge in [-0.25, -0.2) is 4.79 Å². The molecule has 1 heterocycles. The highest BCUT2D eigenvalue weighted by molar-refractivity contribution is 7.98. The van der Waals surface area contributed by atoms with E-state index in [1.165, 1.54) is 23.6 Å². The van der Waals surface area contributed by atoms with E-state index in [2.05, 4.69) is 53.2 Å². The van der Waals surface area contributed by atoms with Crippen LogP contribution >= 0.6 is 11.8 Å². The monoisotopic (exact) mass is 1260 g/mol. The second kappa shape index (κ2) is 41.1. The Kier molecular flexibility index (Phi) is 36.3. The van der Waals surface area contributed by atoms with Gasteiger partial charge in [-0.3, -0.25) is 68.4 Å². The summed E-state index contributed by atoms with van der Waals surface area (Å²) in [6.45, 7) is 5.16. The van der Waals surface area contributed by atoms with Crippen molar-refractivity contribution >= 4 is 101 Å². The Morgan fingerprint density at radius 2 is 0.954 bits per heavy atom. The van der Waals surface area contributed by atoms with Gasteiger partial charge in [-0.05, 0) is 115 Å². The minimum absolute atomic E-state index is 0.0142. The Labute approximate surface area is 508 Å². The highest BCUT2D eigenvalue weighted by Crippen LogP contribution is 2.20. The Bertz CT molecular complexity index is 2390. The van der Waals surface area contributed by atoms with Crippen molar-refractivity contribution in [2.24, 2.45) is 34.6 Å². The summed E-state index contributed by atoms with van der Waals surface area (Å²) in [5, 5.41) is 69.3. The minimum Gasteiger partial charge on any atom is -0.481 e. The van der Waals surface area contributed by atoms with E-state index in [1.807, 2.05) is 0 Å². The summed E-state index contributed by atoms with van der Waals surface area (Å²) in [5.74, 6) is -14.6. The van der Waals surface area contributed by atoms with Crippen LogP contribution in [-0.2, 0) is 62.3 Å². The average Bonchev–Trinajstić information content (AvgIpc) is 3.32. The molecule has 0 aliphatic carbocycles. The van der Waals surface area contributed by atoms with E-state index >= 15 is 0 Å². The molecule has 0 radical (unpaired) electrons. The minimum atomic E-state index is -1.71. The first-order valence-corrected chi connectivity index (χ1v) is 30.2. The third-order valence-electron chi connectivity index (χ3n) is 13.9. The van der Waals surface area contributed by atoms with Crippen LogP contribution in [0.1, 0.15) is 130 Å². The second-order valence-corrected chi connectivity index (χ2v) is 22.0. The van der Waals surface area contributed by atoms with Crippen molar-refractivity contribution < 1.29 is 77.6 Å². The van der Waals surface area contributed by atoms with E-state index in [0.717, 1.165) is 0 Å². The number of carboxylic acids is 3. The second-order valence-electron chi connectivity index (χ2n) is 21.0. The van der Waals surface area contributed by atoms with Crippen molar-refractivity contribution in [1.82, 2.24) is 58.1 Å². The average molecular weight is 1260 g/mol. The molecule has 34 nitrogen and oxygen atoms in total. The molecule has 0 aromatic carbocycles. The number of carboxylic acid groups (broad SMARTS) is 3. The van der Waals surface area contributed by atoms with Crippen LogP contribution in [0.5, 0.6) is 0 Å². The molecule has 0 saturated carbocycles. The highest BCUT2D eigenvalue weighted by atomic mass is 32.2. The lowest BCUT2D eigenvalue weighted by molar-refractivity contribution is -0.142. The number of nitrogens with one attached hydrogen (secondary N) is 12. The number of primary amides is 1. The van der Waals surface area contributed by atoms with Crippen molar-refractivity contribution in [2.45, 2.75) is 190 Å². The van der Waals surface area contributed by atoms with Crippen molar-refractivity contribution in [3.05, 3.63) is 0 Å². The summed E-state index contributed by atoms with van der Waals surface area (Å²) in [6.07, 6.45) is -0.225. The fourth-order valence-electron chi connectivity index (χ4n) is 8.89. The summed E-state index contributed by atoms with van der Waals surface area (Å²) in [4.78, 5) is 174. The molecule has 1 fully saturated rings. The van der Waals surface area contributed by atoms with Gasteiger partial charge in [0.25, 0.3) is 0 Å². The number of hydrogen-bond donors (Lipinski definition) is 20. The molecule has 10 amide bonds. The normalized spacial score (nSPS) is 16.2. The first-order valence-electron chi connectivity index (χ1n) is 28.8. The fourth-order valence-corrected chi connectivity index (χ4v) is 9.36. The summed E-state index contributed by atoms with van der Waals surface area (Å²) in [7, 11) is 0. The van der Waals surface area contributed by atoms with Crippen molar-refractivity contribution in [1.29, 1.82) is 10.8 Å². The molecule has 1 aliphatic heterocycles. The number of thioether (sulfide) groups is 1. The molecule has 0 aromatic rings. The van der Waals surface area contributed by atoms with E-state index in [1.54, 1.807) is 20.1 Å². The van der Waals surface area contributed by atoms with Crippen molar-refractivity contribution in [3.8, 4) is 0 Å². The largest absolute Gasteiger partial charge is 0.481 e.